The fourth-order valence-corrected chi connectivity index (χ4v) is 0.369. The first-order valence-corrected chi connectivity index (χ1v) is 4.94. The van der Waals surface area contributed by atoms with Crippen molar-refractivity contribution < 1.29 is 29.6 Å². The molecule has 16 heavy (non-hydrogen) atoms. The number of ether oxygens (including phenoxy) is 1. The van der Waals surface area contributed by atoms with Gasteiger partial charge in [-0.2, -0.15) is 0 Å². The number of rotatable bonds is 4. The van der Waals surface area contributed by atoms with E-state index >= 15 is 0 Å². The van der Waals surface area contributed by atoms with E-state index < -0.39 is 24.1 Å². The van der Waals surface area contributed by atoms with E-state index in [1.54, 1.807) is 0 Å². The number of esters is 1. The molecule has 3 N–H and O–H groups in total. The Kier molecular flexibility index (Phi) is 9.83. The molecule has 0 fully saturated rings. The summed E-state index contributed by atoms with van der Waals surface area (Å²) in [6.45, 7) is 6.85. The fourth-order valence-electron chi connectivity index (χ4n) is 0.369. The van der Waals surface area contributed by atoms with Gasteiger partial charge in [-0.1, -0.05) is 13.8 Å². The molecule has 0 saturated carbocycles. The number of carbonyl (C=O) groups is 2. The van der Waals surface area contributed by atoms with Crippen LogP contribution in [-0.2, 0) is 14.3 Å². The van der Waals surface area contributed by atoms with E-state index in [9.17, 15) is 9.59 Å². The zero-order chi connectivity index (χ0) is 13.3. The summed E-state index contributed by atoms with van der Waals surface area (Å²) in [6.07, 6.45) is -2.23. The summed E-state index contributed by atoms with van der Waals surface area (Å²) >= 11 is 0. The molecule has 0 aliphatic carbocycles. The average molecular weight is 236 g/mol. The minimum absolute atomic E-state index is 0.322. The first-order chi connectivity index (χ1) is 7.18. The van der Waals surface area contributed by atoms with E-state index in [0.717, 1.165) is 0 Å². The Morgan fingerprint density at radius 2 is 1.44 bits per heavy atom. The summed E-state index contributed by atoms with van der Waals surface area (Å²) in [4.78, 5) is 20.0. The van der Waals surface area contributed by atoms with Gasteiger partial charge >= 0.3 is 11.9 Å². The molecule has 0 aliphatic heterocycles. The summed E-state index contributed by atoms with van der Waals surface area (Å²) in [5.74, 6) is -1.41. The molecule has 0 saturated heterocycles. The molecule has 0 amide bonds. The smallest absolute Gasteiger partial charge is 0.334 e. The van der Waals surface area contributed by atoms with Crippen molar-refractivity contribution in [2.24, 2.45) is 5.92 Å². The minimum atomic E-state index is -1.23. The van der Waals surface area contributed by atoms with Crippen molar-refractivity contribution in [3.63, 3.8) is 0 Å². The topological polar surface area (TPSA) is 104 Å². The second kappa shape index (κ2) is 9.11. The van der Waals surface area contributed by atoms with E-state index in [0.29, 0.717) is 12.5 Å². The predicted molar refractivity (Wildman–Crippen MR) is 56.8 cm³/mol. The van der Waals surface area contributed by atoms with Gasteiger partial charge in [0, 0.05) is 0 Å². The molecule has 0 aromatic heterocycles. The SMILES string of the molecule is CC(C)COC(=O)C(C)O.CC(O)C(=O)O. The number of hydrogen-bond acceptors (Lipinski definition) is 5. The summed E-state index contributed by atoms with van der Waals surface area (Å²) in [6, 6.07) is 0. The molecule has 0 spiro atoms. The highest BCUT2D eigenvalue weighted by molar-refractivity contribution is 5.73. The summed E-state index contributed by atoms with van der Waals surface area (Å²) in [5.41, 5.74) is 0. The van der Waals surface area contributed by atoms with Gasteiger partial charge in [0.1, 0.15) is 12.2 Å². The van der Waals surface area contributed by atoms with Crippen molar-refractivity contribution in [2.45, 2.75) is 39.9 Å². The van der Waals surface area contributed by atoms with Crippen molar-refractivity contribution >= 4 is 11.9 Å². The van der Waals surface area contributed by atoms with Gasteiger partial charge in [0.15, 0.2) is 0 Å². The lowest BCUT2D eigenvalue weighted by Gasteiger charge is -2.07. The van der Waals surface area contributed by atoms with Crippen LogP contribution >= 0.6 is 0 Å². The zero-order valence-electron chi connectivity index (χ0n) is 10.0. The van der Waals surface area contributed by atoms with Crippen LogP contribution in [0, 0.1) is 5.92 Å². The third kappa shape index (κ3) is 12.9. The standard InChI is InChI=1S/C7H14O3.C3H6O3/c1-5(2)4-10-7(9)6(3)8;1-2(4)3(5)6/h5-6,8H,4H2,1-3H3;2,4H,1H3,(H,5,6). The maximum atomic E-state index is 10.6. The Labute approximate surface area is 94.8 Å². The highest BCUT2D eigenvalue weighted by Crippen LogP contribution is 1.94. The van der Waals surface area contributed by atoms with Gasteiger partial charge in [-0.05, 0) is 19.8 Å². The molecular formula is C10H20O6. The molecule has 96 valence electrons. The Bertz CT molecular complexity index is 209. The number of aliphatic hydroxyl groups is 2. The maximum Gasteiger partial charge on any atom is 0.334 e. The number of hydrogen-bond donors (Lipinski definition) is 3. The number of carbonyl (C=O) groups excluding carboxylic acids is 1. The van der Waals surface area contributed by atoms with Crippen LogP contribution in [0.4, 0.5) is 0 Å². The lowest BCUT2D eigenvalue weighted by Crippen LogP contribution is -2.21. The third-order valence-electron chi connectivity index (χ3n) is 1.26. The Morgan fingerprint density at radius 3 is 1.62 bits per heavy atom. The first-order valence-electron chi connectivity index (χ1n) is 4.94. The van der Waals surface area contributed by atoms with Gasteiger partial charge in [0.25, 0.3) is 0 Å². The Morgan fingerprint density at radius 1 is 1.06 bits per heavy atom. The molecule has 0 rings (SSSR count). The molecule has 0 aliphatic rings. The van der Waals surface area contributed by atoms with Crippen LogP contribution in [0.3, 0.4) is 0 Å². The quantitative estimate of drug-likeness (QED) is 0.594. The van der Waals surface area contributed by atoms with Gasteiger partial charge < -0.3 is 20.1 Å². The van der Waals surface area contributed by atoms with Crippen LogP contribution in [0.1, 0.15) is 27.7 Å². The van der Waals surface area contributed by atoms with Crippen LogP contribution in [0.5, 0.6) is 0 Å². The van der Waals surface area contributed by atoms with E-state index in [2.05, 4.69) is 4.74 Å². The maximum absolute atomic E-state index is 10.6. The molecular weight excluding hydrogens is 216 g/mol. The van der Waals surface area contributed by atoms with E-state index in [1.807, 2.05) is 13.8 Å². The zero-order valence-corrected chi connectivity index (χ0v) is 10.0. The second-order valence-electron chi connectivity index (χ2n) is 3.71. The Balaban J connectivity index is 0. The number of aliphatic hydroxyl groups excluding tert-OH is 2. The van der Waals surface area contributed by atoms with Crippen molar-refractivity contribution in [3.8, 4) is 0 Å². The predicted octanol–water partition coefficient (Wildman–Crippen LogP) is 0.0182. The highest BCUT2D eigenvalue weighted by Gasteiger charge is 2.09. The molecule has 6 nitrogen and oxygen atoms in total. The summed E-state index contributed by atoms with van der Waals surface area (Å²) in [7, 11) is 0. The van der Waals surface area contributed by atoms with Crippen molar-refractivity contribution in [3.05, 3.63) is 0 Å². The number of carboxylic acid groups (broad SMARTS) is 1. The normalized spacial score (nSPS) is 13.4. The van der Waals surface area contributed by atoms with E-state index in [1.165, 1.54) is 13.8 Å². The third-order valence-corrected chi connectivity index (χ3v) is 1.26. The fraction of sp³-hybridized carbons (Fsp3) is 0.800. The Hall–Kier alpha value is -1.14. The molecule has 0 aromatic rings. The van der Waals surface area contributed by atoms with Crippen LogP contribution in [0.2, 0.25) is 0 Å². The lowest BCUT2D eigenvalue weighted by atomic mass is 10.2. The minimum Gasteiger partial charge on any atom is -0.479 e. The van der Waals surface area contributed by atoms with Crippen LogP contribution < -0.4 is 0 Å². The van der Waals surface area contributed by atoms with Gasteiger partial charge in [-0.3, -0.25) is 0 Å². The van der Waals surface area contributed by atoms with E-state index in [-0.39, 0.29) is 0 Å². The lowest BCUT2D eigenvalue weighted by molar-refractivity contribution is -0.153. The summed E-state index contributed by atoms with van der Waals surface area (Å²) < 4.78 is 4.68. The van der Waals surface area contributed by atoms with E-state index in [4.69, 9.17) is 15.3 Å². The van der Waals surface area contributed by atoms with Crippen LogP contribution in [0.25, 0.3) is 0 Å². The van der Waals surface area contributed by atoms with Crippen LogP contribution in [-0.4, -0.2) is 46.1 Å². The number of carboxylic acids is 1. The van der Waals surface area contributed by atoms with Crippen molar-refractivity contribution in [1.82, 2.24) is 0 Å². The monoisotopic (exact) mass is 236 g/mol. The van der Waals surface area contributed by atoms with Gasteiger partial charge in [-0.25, -0.2) is 9.59 Å². The largest absolute Gasteiger partial charge is 0.479 e. The number of aliphatic carboxylic acids is 1. The average Bonchev–Trinajstić information content (AvgIpc) is 2.14. The second-order valence-corrected chi connectivity index (χ2v) is 3.71. The molecule has 6 heteroatoms. The van der Waals surface area contributed by atoms with Crippen LogP contribution in [0.15, 0.2) is 0 Å². The summed E-state index contributed by atoms with van der Waals surface area (Å²) in [5, 5.41) is 24.4. The van der Waals surface area contributed by atoms with Gasteiger partial charge in [-0.15, -0.1) is 0 Å². The molecule has 0 radical (unpaired) electrons. The van der Waals surface area contributed by atoms with Crippen molar-refractivity contribution in [2.75, 3.05) is 6.61 Å². The molecule has 0 heterocycles. The van der Waals surface area contributed by atoms with Crippen molar-refractivity contribution in [1.29, 1.82) is 0 Å². The molecule has 2 unspecified atom stereocenters. The van der Waals surface area contributed by atoms with Gasteiger partial charge in [0.2, 0.25) is 0 Å². The van der Waals surface area contributed by atoms with Gasteiger partial charge in [0.05, 0.1) is 6.61 Å². The molecule has 0 aromatic carbocycles. The molecule has 2 atom stereocenters. The first kappa shape index (κ1) is 17.3. The highest BCUT2D eigenvalue weighted by atomic mass is 16.5. The molecule has 0 bridgehead atoms.